The van der Waals surface area contributed by atoms with Gasteiger partial charge >= 0.3 is 147 Å². The molecule has 0 aromatic heterocycles. The maximum absolute atomic E-state index is 4.41. The molecule has 1 unspecified atom stereocenters. The van der Waals surface area contributed by atoms with Crippen LogP contribution in [0.2, 0.25) is 14.7 Å². The van der Waals surface area contributed by atoms with Gasteiger partial charge in [-0.05, 0) is 0 Å². The molecule has 4 bridgehead atoms. The van der Waals surface area contributed by atoms with Crippen LogP contribution in [0.15, 0.2) is 23.8 Å². The summed E-state index contributed by atoms with van der Waals surface area (Å²) in [6.45, 7) is 7.04. The van der Waals surface area contributed by atoms with Crippen molar-refractivity contribution in [2.45, 2.75) is 79.5 Å². The summed E-state index contributed by atoms with van der Waals surface area (Å²) in [6.07, 6.45) is 16.6. The van der Waals surface area contributed by atoms with E-state index in [0.717, 1.165) is 22.0 Å². The summed E-state index contributed by atoms with van der Waals surface area (Å²) >= 11 is -2.07. The molecule has 0 aliphatic heterocycles. The van der Waals surface area contributed by atoms with Crippen LogP contribution in [0.5, 0.6) is 0 Å². The van der Waals surface area contributed by atoms with Crippen LogP contribution in [-0.4, -0.2) is 5.54 Å². The van der Waals surface area contributed by atoms with Crippen molar-refractivity contribution < 1.29 is 16.8 Å². The van der Waals surface area contributed by atoms with Gasteiger partial charge in [-0.2, -0.15) is 0 Å². The minimum atomic E-state index is -2.07. The van der Waals surface area contributed by atoms with E-state index >= 15 is 0 Å². The molecule has 4 saturated carbocycles. The van der Waals surface area contributed by atoms with Crippen molar-refractivity contribution in [2.24, 2.45) is 23.2 Å². The van der Waals surface area contributed by atoms with Crippen molar-refractivity contribution in [3.63, 3.8) is 0 Å². The molecule has 5 aliphatic carbocycles. The van der Waals surface area contributed by atoms with E-state index in [1.165, 1.54) is 19.3 Å². The predicted octanol–water partition coefficient (Wildman–Crippen LogP) is 6.04. The molecule has 23 heavy (non-hydrogen) atoms. The molecule has 5 rings (SSSR count). The third kappa shape index (κ3) is 3.07. The molecule has 128 valence electrons. The minimum absolute atomic E-state index is 0.296. The Labute approximate surface area is 147 Å². The van der Waals surface area contributed by atoms with E-state index in [4.69, 9.17) is 0 Å². The third-order valence-electron chi connectivity index (χ3n) is 7.17. The number of rotatable bonds is 3. The molecule has 1 atom stereocenters. The fraction of sp³-hybridized carbons (Fsp3) is 0.810. The van der Waals surface area contributed by atoms with Crippen molar-refractivity contribution in [3.8, 4) is 0 Å². The van der Waals surface area contributed by atoms with Crippen molar-refractivity contribution >= 4 is 0 Å². The van der Waals surface area contributed by atoms with Crippen LogP contribution in [0, 0.1) is 23.2 Å². The second kappa shape index (κ2) is 5.32. The Morgan fingerprint density at radius 1 is 1.00 bits per heavy atom. The zero-order valence-electron chi connectivity index (χ0n) is 15.8. The number of hydrogen-bond acceptors (Lipinski definition) is 1. The Hall–Kier alpha value is 0.154. The topological polar surface area (TPSA) is 12.0 Å². The summed E-state index contributed by atoms with van der Waals surface area (Å²) in [7, 11) is 0. The average Bonchev–Trinajstić information content (AvgIpc) is 2.85. The van der Waals surface area contributed by atoms with Crippen LogP contribution in [0.1, 0.15) is 59.3 Å². The molecule has 0 aromatic carbocycles. The van der Waals surface area contributed by atoms with Gasteiger partial charge in [-0.1, -0.05) is 0 Å². The van der Waals surface area contributed by atoms with Gasteiger partial charge in [0.2, 0.25) is 0 Å². The molecule has 0 spiro atoms. The number of hydrogen-bond donors (Lipinski definition) is 1. The van der Waals surface area contributed by atoms with E-state index in [0.29, 0.717) is 11.0 Å². The van der Waals surface area contributed by atoms with Crippen molar-refractivity contribution in [1.29, 1.82) is 0 Å². The molecule has 1 nitrogen and oxygen atoms in total. The fourth-order valence-corrected chi connectivity index (χ4v) is 11.2. The Bertz CT molecular complexity index is 513. The first kappa shape index (κ1) is 16.6. The summed E-state index contributed by atoms with van der Waals surface area (Å²) in [5.74, 6) is 3.14. The first-order chi connectivity index (χ1) is 10.7. The molecule has 0 aromatic rings. The van der Waals surface area contributed by atoms with E-state index in [1.807, 2.05) is 0 Å². The molecule has 0 saturated heterocycles. The molecular weight excluding hydrogens is 314 g/mol. The zero-order valence-corrected chi connectivity index (χ0v) is 17.3. The van der Waals surface area contributed by atoms with Crippen LogP contribution >= 0.6 is 0 Å². The van der Waals surface area contributed by atoms with Crippen LogP contribution in [0.3, 0.4) is 0 Å². The van der Waals surface area contributed by atoms with Crippen LogP contribution in [-0.2, 0) is 16.8 Å². The van der Waals surface area contributed by atoms with Gasteiger partial charge in [-0.3, -0.25) is 0 Å². The maximum atomic E-state index is 4.41. The first-order valence-electron chi connectivity index (χ1n) is 9.85. The standard InChI is InChI=1S/C10H16N.C9H13.2CH3.Ti/c11-10-4-7-1-8(5-10)3-9(2-7)6-10;1-9(2,3)8-6-4-5-7-8;;;/h7-9,11H,1-6H2;4-7H,1-3H3;2*1H3;/q-1;;;;+1. The molecule has 0 radical (unpaired) electrons. The van der Waals surface area contributed by atoms with Gasteiger partial charge in [0.25, 0.3) is 0 Å². The predicted molar refractivity (Wildman–Crippen MR) is 96.2 cm³/mol. The van der Waals surface area contributed by atoms with E-state index in [1.54, 1.807) is 24.8 Å². The van der Waals surface area contributed by atoms with Gasteiger partial charge in [0.1, 0.15) is 0 Å². The molecule has 0 heterocycles. The Morgan fingerprint density at radius 3 is 1.96 bits per heavy atom. The quantitative estimate of drug-likeness (QED) is 0.613. The first-order valence-corrected chi connectivity index (χ1v) is 14.7. The fourth-order valence-electron chi connectivity index (χ4n) is 6.49. The van der Waals surface area contributed by atoms with E-state index in [9.17, 15) is 0 Å². The van der Waals surface area contributed by atoms with Crippen LogP contribution in [0.25, 0.3) is 0 Å². The Balaban J connectivity index is 1.52. The summed E-state index contributed by atoms with van der Waals surface area (Å²) in [5.41, 5.74) is 2.38. The van der Waals surface area contributed by atoms with Gasteiger partial charge in [0.15, 0.2) is 0 Å². The van der Waals surface area contributed by atoms with Crippen molar-refractivity contribution in [1.82, 2.24) is 3.80 Å². The molecule has 4 fully saturated rings. The summed E-state index contributed by atoms with van der Waals surface area (Å²) < 4.78 is 5.13. The van der Waals surface area contributed by atoms with Gasteiger partial charge in [0.05, 0.1) is 0 Å². The SMILES string of the molecule is CC(C)(C)C1=C[CH]([Ti]([CH3])([CH3])[NH]C23CC4CC(CC(C4)C2)C3)C=C1. The summed E-state index contributed by atoms with van der Waals surface area (Å²) in [4.78, 5) is 0. The average molecular weight is 349 g/mol. The van der Waals surface area contributed by atoms with Gasteiger partial charge in [-0.15, -0.1) is 0 Å². The van der Waals surface area contributed by atoms with E-state index in [2.05, 4.69) is 53.3 Å². The summed E-state index contributed by atoms with van der Waals surface area (Å²) in [6, 6.07) is 0. The molecular formula is C21H35NTi. The normalized spacial score (nSPS) is 42.4. The molecule has 0 amide bonds. The molecule has 1 N–H and O–H groups in total. The molecule has 2 heteroatoms. The number of allylic oxidation sites excluding steroid dienone is 4. The Morgan fingerprint density at radius 2 is 1.52 bits per heavy atom. The van der Waals surface area contributed by atoms with Crippen LogP contribution < -0.4 is 3.80 Å². The van der Waals surface area contributed by atoms with Gasteiger partial charge in [-0.25, -0.2) is 0 Å². The van der Waals surface area contributed by atoms with Gasteiger partial charge < -0.3 is 0 Å². The van der Waals surface area contributed by atoms with E-state index < -0.39 is 16.8 Å². The van der Waals surface area contributed by atoms with Gasteiger partial charge in [0, 0.05) is 0 Å². The zero-order chi connectivity index (χ0) is 16.5. The van der Waals surface area contributed by atoms with Crippen molar-refractivity contribution in [3.05, 3.63) is 23.8 Å². The van der Waals surface area contributed by atoms with Crippen LogP contribution in [0.4, 0.5) is 0 Å². The third-order valence-corrected chi connectivity index (χ3v) is 12.2. The van der Waals surface area contributed by atoms with E-state index in [-0.39, 0.29) is 0 Å². The molecule has 5 aliphatic rings. The Kier molecular flexibility index (Phi) is 3.85. The second-order valence-electron chi connectivity index (χ2n) is 10.8. The monoisotopic (exact) mass is 349 g/mol. The second-order valence-corrected chi connectivity index (χ2v) is 17.6. The van der Waals surface area contributed by atoms with Crippen molar-refractivity contribution in [2.75, 3.05) is 0 Å². The number of nitrogens with one attached hydrogen (secondary N) is 1. The summed E-state index contributed by atoms with van der Waals surface area (Å²) in [5, 5.41) is 5.24.